The molecule has 3 N–H and O–H groups in total. The summed E-state index contributed by atoms with van der Waals surface area (Å²) >= 11 is 1.83. The lowest BCUT2D eigenvalue weighted by Gasteiger charge is -1.98. The number of benzene rings is 1. The number of nitrogens with two attached hydrogens (primary N) is 1. The van der Waals surface area contributed by atoms with Crippen molar-refractivity contribution < 1.29 is 0 Å². The number of anilines is 1. The molecule has 0 aliphatic rings. The number of nitrogen functional groups attached to an aromatic ring is 1. The van der Waals surface area contributed by atoms with Gasteiger partial charge in [0.1, 0.15) is 5.82 Å². The second kappa shape index (κ2) is 3.60. The van der Waals surface area contributed by atoms with Gasteiger partial charge >= 0.3 is 0 Å². The first-order valence-corrected chi connectivity index (χ1v) is 6.28. The summed E-state index contributed by atoms with van der Waals surface area (Å²) in [5, 5.41) is 8.23. The highest BCUT2D eigenvalue weighted by molar-refractivity contribution is 7.19. The summed E-state index contributed by atoms with van der Waals surface area (Å²) in [7, 11) is 0. The Hall–Kier alpha value is -1.81. The average molecular weight is 243 g/mol. The minimum absolute atomic E-state index is 0.527. The second-order valence-electron chi connectivity index (χ2n) is 4.20. The van der Waals surface area contributed by atoms with E-state index in [1.165, 1.54) is 20.5 Å². The molecule has 4 heteroatoms. The van der Waals surface area contributed by atoms with E-state index in [0.717, 1.165) is 11.3 Å². The summed E-state index contributed by atoms with van der Waals surface area (Å²) in [4.78, 5) is 1.38. The van der Waals surface area contributed by atoms with Crippen molar-refractivity contribution in [3.05, 3.63) is 34.7 Å². The van der Waals surface area contributed by atoms with Crippen LogP contribution in [0.3, 0.4) is 0 Å². The van der Waals surface area contributed by atoms with E-state index >= 15 is 0 Å². The molecule has 86 valence electrons. The van der Waals surface area contributed by atoms with E-state index in [1.54, 1.807) is 0 Å². The van der Waals surface area contributed by atoms with Gasteiger partial charge in [-0.15, -0.1) is 11.3 Å². The maximum absolute atomic E-state index is 5.62. The Bertz CT molecular complexity index is 694. The number of hydrogen-bond donors (Lipinski definition) is 2. The van der Waals surface area contributed by atoms with Gasteiger partial charge in [-0.2, -0.15) is 5.10 Å². The topological polar surface area (TPSA) is 54.7 Å². The van der Waals surface area contributed by atoms with Gasteiger partial charge < -0.3 is 5.73 Å². The lowest BCUT2D eigenvalue weighted by Crippen LogP contribution is -1.81. The lowest BCUT2D eigenvalue weighted by molar-refractivity contribution is 1.10. The van der Waals surface area contributed by atoms with Gasteiger partial charge in [0.05, 0.1) is 5.69 Å². The summed E-state index contributed by atoms with van der Waals surface area (Å²) in [6.07, 6.45) is 0. The quantitative estimate of drug-likeness (QED) is 0.687. The van der Waals surface area contributed by atoms with Crippen LogP contribution in [-0.4, -0.2) is 10.2 Å². The lowest BCUT2D eigenvalue weighted by atomic mass is 10.1. The Morgan fingerprint density at radius 3 is 2.76 bits per heavy atom. The van der Waals surface area contributed by atoms with E-state index in [4.69, 9.17) is 5.73 Å². The Labute approximate surface area is 103 Å². The number of nitrogens with zero attached hydrogens (tertiary/aromatic N) is 1. The molecule has 1 aromatic carbocycles. The summed E-state index contributed by atoms with van der Waals surface area (Å²) in [6, 6.07) is 8.32. The third-order valence-corrected chi connectivity index (χ3v) is 4.26. The van der Waals surface area contributed by atoms with Crippen molar-refractivity contribution in [1.82, 2.24) is 10.2 Å². The third-order valence-electron chi connectivity index (χ3n) is 3.09. The van der Waals surface area contributed by atoms with Crippen LogP contribution in [0.15, 0.2) is 24.3 Å². The fraction of sp³-hybridized carbons (Fsp3) is 0.154. The molecule has 0 aliphatic carbocycles. The Morgan fingerprint density at radius 1 is 1.24 bits per heavy atom. The minimum Gasteiger partial charge on any atom is -0.382 e. The van der Waals surface area contributed by atoms with Crippen molar-refractivity contribution in [3.63, 3.8) is 0 Å². The van der Waals surface area contributed by atoms with Crippen LogP contribution in [0.5, 0.6) is 0 Å². The van der Waals surface area contributed by atoms with Crippen molar-refractivity contribution in [1.29, 1.82) is 0 Å². The molecular weight excluding hydrogens is 230 g/mol. The zero-order chi connectivity index (χ0) is 12.0. The number of rotatable bonds is 1. The van der Waals surface area contributed by atoms with Crippen LogP contribution >= 0.6 is 11.3 Å². The molecule has 0 amide bonds. The standard InChI is InChI=1S/C13H13N3S/c1-7-8(2)17-12-5-9(3-4-10(7)12)11-6-13(14)16-15-11/h3-6H,1-2H3,(H3,14,15,16). The molecule has 0 fully saturated rings. The smallest absolute Gasteiger partial charge is 0.145 e. The molecule has 17 heavy (non-hydrogen) atoms. The fourth-order valence-electron chi connectivity index (χ4n) is 2.00. The molecule has 0 aliphatic heterocycles. The van der Waals surface area contributed by atoms with E-state index in [2.05, 4.69) is 42.2 Å². The first-order valence-electron chi connectivity index (χ1n) is 5.46. The van der Waals surface area contributed by atoms with E-state index in [0.29, 0.717) is 5.82 Å². The van der Waals surface area contributed by atoms with Crippen molar-refractivity contribution in [2.75, 3.05) is 5.73 Å². The second-order valence-corrected chi connectivity index (χ2v) is 5.46. The molecule has 2 heterocycles. The van der Waals surface area contributed by atoms with Crippen LogP contribution in [0.4, 0.5) is 5.82 Å². The van der Waals surface area contributed by atoms with Crippen LogP contribution in [-0.2, 0) is 0 Å². The number of H-pyrrole nitrogens is 1. The van der Waals surface area contributed by atoms with Gasteiger partial charge in [-0.1, -0.05) is 12.1 Å². The van der Waals surface area contributed by atoms with Gasteiger partial charge in [-0.3, -0.25) is 5.10 Å². The Kier molecular flexibility index (Phi) is 2.19. The van der Waals surface area contributed by atoms with Crippen LogP contribution in [0, 0.1) is 13.8 Å². The third kappa shape index (κ3) is 1.61. The summed E-state index contributed by atoms with van der Waals surface area (Å²) in [5.74, 6) is 0.527. The first kappa shape index (κ1) is 10.4. The molecular formula is C13H13N3S. The number of hydrogen-bond acceptors (Lipinski definition) is 3. The molecule has 0 saturated heterocycles. The minimum atomic E-state index is 0.527. The number of nitrogens with one attached hydrogen (secondary N) is 1. The molecule has 3 aromatic rings. The van der Waals surface area contributed by atoms with Gasteiger partial charge in [0.15, 0.2) is 0 Å². The highest BCUT2D eigenvalue weighted by Crippen LogP contribution is 2.33. The molecule has 0 saturated carbocycles. The normalized spacial score (nSPS) is 11.2. The number of aryl methyl sites for hydroxylation is 2. The van der Waals surface area contributed by atoms with E-state index in [-0.39, 0.29) is 0 Å². The molecule has 3 rings (SSSR count). The Balaban J connectivity index is 2.20. The largest absolute Gasteiger partial charge is 0.382 e. The maximum atomic E-state index is 5.62. The first-order chi connectivity index (χ1) is 8.15. The molecule has 2 aromatic heterocycles. The van der Waals surface area contributed by atoms with Crippen LogP contribution < -0.4 is 5.73 Å². The fourth-order valence-corrected chi connectivity index (χ4v) is 3.11. The number of aromatic nitrogens is 2. The number of thiophene rings is 1. The zero-order valence-electron chi connectivity index (χ0n) is 9.74. The van der Waals surface area contributed by atoms with Crippen molar-refractivity contribution in [2.24, 2.45) is 0 Å². The number of fused-ring (bicyclic) bond motifs is 1. The molecule has 0 bridgehead atoms. The van der Waals surface area contributed by atoms with Crippen LogP contribution in [0.1, 0.15) is 10.4 Å². The van der Waals surface area contributed by atoms with E-state index in [9.17, 15) is 0 Å². The van der Waals surface area contributed by atoms with Crippen molar-refractivity contribution >= 4 is 27.2 Å². The molecule has 0 atom stereocenters. The van der Waals surface area contributed by atoms with Gasteiger partial charge in [0.25, 0.3) is 0 Å². The predicted octanol–water partition coefficient (Wildman–Crippen LogP) is 3.49. The van der Waals surface area contributed by atoms with Crippen molar-refractivity contribution in [2.45, 2.75) is 13.8 Å². The monoisotopic (exact) mass is 243 g/mol. The van der Waals surface area contributed by atoms with E-state index in [1.807, 2.05) is 17.4 Å². The van der Waals surface area contributed by atoms with Gasteiger partial charge in [0, 0.05) is 21.2 Å². The molecule has 0 radical (unpaired) electrons. The highest BCUT2D eigenvalue weighted by atomic mass is 32.1. The summed E-state index contributed by atoms with van der Waals surface area (Å²) < 4.78 is 1.31. The Morgan fingerprint density at radius 2 is 2.06 bits per heavy atom. The zero-order valence-corrected chi connectivity index (χ0v) is 10.6. The molecule has 0 spiro atoms. The van der Waals surface area contributed by atoms with E-state index < -0.39 is 0 Å². The van der Waals surface area contributed by atoms with Crippen molar-refractivity contribution in [3.8, 4) is 11.3 Å². The van der Waals surface area contributed by atoms with Crippen LogP contribution in [0.2, 0.25) is 0 Å². The predicted molar refractivity (Wildman–Crippen MR) is 73.3 cm³/mol. The highest BCUT2D eigenvalue weighted by Gasteiger charge is 2.07. The summed E-state index contributed by atoms with van der Waals surface area (Å²) in [6.45, 7) is 4.33. The van der Waals surface area contributed by atoms with Gasteiger partial charge in [-0.25, -0.2) is 0 Å². The molecule has 0 unspecified atom stereocenters. The van der Waals surface area contributed by atoms with Crippen LogP contribution in [0.25, 0.3) is 21.3 Å². The maximum Gasteiger partial charge on any atom is 0.145 e. The summed E-state index contributed by atoms with van der Waals surface area (Å²) in [5.41, 5.74) is 9.09. The SMILES string of the molecule is Cc1sc2cc(-c3cc(N)n[nH]3)ccc2c1C. The average Bonchev–Trinajstić information content (AvgIpc) is 2.85. The molecule has 3 nitrogen and oxygen atoms in total. The van der Waals surface area contributed by atoms with Gasteiger partial charge in [0.2, 0.25) is 0 Å². The number of aromatic amines is 1. The van der Waals surface area contributed by atoms with Gasteiger partial charge in [-0.05, 0) is 30.9 Å².